The minimum Gasteiger partial charge on any atom is -0.396 e. The number of aliphatic hydroxyl groups excluding tert-OH is 1. The average Bonchev–Trinajstić information content (AvgIpc) is 3.65. The van der Waals surface area contributed by atoms with Gasteiger partial charge in [-0.1, -0.05) is 88.7 Å². The maximum absolute atomic E-state index is 14.8. The Bertz CT molecular complexity index is 1610. The molecule has 3 fully saturated rings. The molecule has 45 heavy (non-hydrogen) atoms. The van der Waals surface area contributed by atoms with Crippen LogP contribution in [0.25, 0.3) is 10.8 Å². The highest BCUT2D eigenvalue weighted by Crippen LogP contribution is 2.60. The van der Waals surface area contributed by atoms with Crippen molar-refractivity contribution < 1.29 is 24.2 Å². The van der Waals surface area contributed by atoms with E-state index in [1.807, 2.05) is 72.8 Å². The van der Waals surface area contributed by atoms with Crippen molar-refractivity contribution in [1.29, 1.82) is 0 Å². The number of aliphatic hydroxyl groups is 1. The molecule has 0 radical (unpaired) electrons. The third-order valence-electron chi connectivity index (χ3n) is 9.37. The molecule has 3 unspecified atom stereocenters. The fourth-order valence-electron chi connectivity index (χ4n) is 7.52. The quantitative estimate of drug-likeness (QED) is 0.223. The van der Waals surface area contributed by atoms with Crippen LogP contribution < -0.4 is 4.90 Å². The van der Waals surface area contributed by atoms with Gasteiger partial charge in [0, 0.05) is 43.3 Å². The molecule has 1 N–H and O–H groups in total. The van der Waals surface area contributed by atoms with Crippen LogP contribution in [0.5, 0.6) is 0 Å². The summed E-state index contributed by atoms with van der Waals surface area (Å²) in [5, 5.41) is 11.8. The summed E-state index contributed by atoms with van der Waals surface area (Å²) in [6, 6.07) is 22.5. The molecule has 3 aromatic carbocycles. The van der Waals surface area contributed by atoms with E-state index in [2.05, 4.69) is 29.1 Å². The minimum atomic E-state index is -1.20. The van der Waals surface area contributed by atoms with Gasteiger partial charge >= 0.3 is 0 Å². The molecule has 3 aliphatic rings. The van der Waals surface area contributed by atoms with Crippen molar-refractivity contribution in [2.75, 3.05) is 31.1 Å². The molecule has 3 aliphatic heterocycles. The molecule has 0 aliphatic carbocycles. The summed E-state index contributed by atoms with van der Waals surface area (Å²) in [5.74, 6) is -2.37. The summed E-state index contributed by atoms with van der Waals surface area (Å²) in [5.41, 5.74) is 0.447. The number of carbonyl (C=O) groups is 3. The fraction of sp³-hybridized carbons (Fsp3) is 0.361. The second-order valence-electron chi connectivity index (χ2n) is 12.0. The van der Waals surface area contributed by atoms with Gasteiger partial charge in [-0.15, -0.1) is 13.2 Å². The van der Waals surface area contributed by atoms with Gasteiger partial charge in [0.25, 0.3) is 5.91 Å². The van der Waals surface area contributed by atoms with Gasteiger partial charge in [-0.3, -0.25) is 14.4 Å². The summed E-state index contributed by atoms with van der Waals surface area (Å²) < 4.78 is 6.74. The number of nitrogens with zero attached hydrogens (tertiary/aromatic N) is 3. The van der Waals surface area contributed by atoms with Gasteiger partial charge in [0.2, 0.25) is 11.8 Å². The van der Waals surface area contributed by atoms with Crippen LogP contribution in [0.15, 0.2) is 98.1 Å². The smallest absolute Gasteiger partial charge is 0.253 e. The van der Waals surface area contributed by atoms with Crippen molar-refractivity contribution in [3.63, 3.8) is 0 Å². The number of likely N-dealkylation sites (tertiary alicyclic amines) is 1. The van der Waals surface area contributed by atoms with Crippen molar-refractivity contribution in [1.82, 2.24) is 9.80 Å². The lowest BCUT2D eigenvalue weighted by atomic mass is 9.70. The Morgan fingerprint density at radius 3 is 2.42 bits per heavy atom. The van der Waals surface area contributed by atoms with E-state index in [4.69, 9.17) is 4.74 Å². The maximum Gasteiger partial charge on any atom is 0.253 e. The van der Waals surface area contributed by atoms with Gasteiger partial charge in [0.1, 0.15) is 11.6 Å². The maximum atomic E-state index is 14.8. The van der Waals surface area contributed by atoms with Gasteiger partial charge in [-0.2, -0.15) is 0 Å². The van der Waals surface area contributed by atoms with Crippen LogP contribution in [-0.2, 0) is 25.7 Å². The number of ether oxygens (including phenoxy) is 1. The normalized spacial score (nSPS) is 26.6. The van der Waals surface area contributed by atoms with Gasteiger partial charge in [0.15, 0.2) is 0 Å². The predicted molar refractivity (Wildman–Crippen MR) is 178 cm³/mol. The van der Waals surface area contributed by atoms with Crippen molar-refractivity contribution in [3.8, 4) is 0 Å². The first-order valence-corrected chi connectivity index (χ1v) is 16.3. The zero-order valence-electron chi connectivity index (χ0n) is 25.1. The number of benzene rings is 3. The third-order valence-corrected chi connectivity index (χ3v) is 10.2. The van der Waals surface area contributed by atoms with Crippen LogP contribution in [0.1, 0.15) is 18.4 Å². The average molecular weight is 673 g/mol. The lowest BCUT2D eigenvalue weighted by Gasteiger charge is -2.37. The Kier molecular flexibility index (Phi) is 8.95. The summed E-state index contributed by atoms with van der Waals surface area (Å²) >= 11 is 3.77. The van der Waals surface area contributed by atoms with E-state index in [0.717, 1.165) is 16.3 Å². The Morgan fingerprint density at radius 1 is 1.00 bits per heavy atom. The van der Waals surface area contributed by atoms with E-state index in [1.165, 1.54) is 0 Å². The first kappa shape index (κ1) is 31.2. The van der Waals surface area contributed by atoms with Crippen molar-refractivity contribution in [2.24, 2.45) is 11.8 Å². The van der Waals surface area contributed by atoms with Gasteiger partial charge in [-0.25, -0.2) is 0 Å². The van der Waals surface area contributed by atoms with Crippen molar-refractivity contribution in [3.05, 3.63) is 104 Å². The van der Waals surface area contributed by atoms with Crippen LogP contribution in [0.3, 0.4) is 0 Å². The molecule has 3 saturated heterocycles. The molecule has 2 bridgehead atoms. The highest BCUT2D eigenvalue weighted by molar-refractivity contribution is 9.09. The highest BCUT2D eigenvalue weighted by Gasteiger charge is 2.76. The molecule has 234 valence electrons. The molecule has 6 rings (SSSR count). The molecule has 3 aromatic rings. The summed E-state index contributed by atoms with van der Waals surface area (Å²) in [6.45, 7) is 8.71. The number of carbonyl (C=O) groups excluding carboxylic acids is 3. The summed E-state index contributed by atoms with van der Waals surface area (Å²) in [7, 11) is 0. The van der Waals surface area contributed by atoms with Crippen LogP contribution >= 0.6 is 15.9 Å². The Labute approximate surface area is 272 Å². The zero-order chi connectivity index (χ0) is 31.7. The molecular weight excluding hydrogens is 634 g/mol. The Balaban J connectivity index is 1.39. The number of halogens is 1. The number of alkyl halides is 1. The first-order valence-electron chi connectivity index (χ1n) is 15.4. The molecule has 0 aromatic heterocycles. The third kappa shape index (κ3) is 5.41. The minimum absolute atomic E-state index is 0.138. The monoisotopic (exact) mass is 671 g/mol. The number of fused-ring (bicyclic) bond motifs is 2. The van der Waals surface area contributed by atoms with Gasteiger partial charge in [0.05, 0.1) is 17.9 Å². The number of amides is 3. The van der Waals surface area contributed by atoms with E-state index < -0.39 is 29.6 Å². The Hall–Kier alpha value is -3.79. The SMILES string of the molecule is C=CCN(Cc1ccccc1)C(=O)[C@H]1[C@H]2C(=O)N(CCCO)C(C(=O)N(CC=C)c3ccc4ccccc4c3)C23CC(Br)[C@@H]1O3. The molecule has 6 atom stereocenters. The topological polar surface area (TPSA) is 90.4 Å². The van der Waals surface area contributed by atoms with E-state index in [9.17, 15) is 19.5 Å². The van der Waals surface area contributed by atoms with Gasteiger partial charge in [-0.05, 0) is 41.3 Å². The summed E-state index contributed by atoms with van der Waals surface area (Å²) in [4.78, 5) is 48.3. The van der Waals surface area contributed by atoms with E-state index >= 15 is 0 Å². The van der Waals surface area contributed by atoms with E-state index in [-0.39, 0.29) is 42.2 Å². The zero-order valence-corrected chi connectivity index (χ0v) is 26.7. The van der Waals surface area contributed by atoms with Crippen LogP contribution in [0.4, 0.5) is 5.69 Å². The lowest BCUT2D eigenvalue weighted by Crippen LogP contribution is -2.57. The standard InChI is InChI=1S/C36H38BrN3O5/c1-3-17-38(23-24-11-6-5-7-12-24)33(42)29-30-34(43)40(19-10-20-41)32(36(30)22-28(37)31(29)45-36)35(44)39(18-4-2)27-16-15-25-13-8-9-14-26(25)21-27/h3-9,11-16,21,28-32,41H,1-2,10,17-20,22-23H2/t28?,29-,30-,31-,32?,36?/m0/s1. The molecular formula is C36H38BrN3O5. The van der Waals surface area contributed by atoms with Crippen molar-refractivity contribution in [2.45, 2.75) is 42.0 Å². The number of rotatable bonds is 12. The largest absolute Gasteiger partial charge is 0.396 e. The number of hydrogen-bond acceptors (Lipinski definition) is 5. The highest BCUT2D eigenvalue weighted by atomic mass is 79.9. The second-order valence-corrected chi connectivity index (χ2v) is 13.2. The van der Waals surface area contributed by atoms with E-state index in [0.29, 0.717) is 31.6 Å². The summed E-state index contributed by atoms with van der Waals surface area (Å²) in [6.07, 6.45) is 3.48. The molecule has 9 heteroatoms. The number of hydrogen-bond donors (Lipinski definition) is 1. The van der Waals surface area contributed by atoms with E-state index in [1.54, 1.807) is 26.9 Å². The van der Waals surface area contributed by atoms with Gasteiger partial charge < -0.3 is 24.5 Å². The van der Waals surface area contributed by atoms with Crippen LogP contribution in [0, 0.1) is 11.8 Å². The molecule has 1 spiro atoms. The molecule has 8 nitrogen and oxygen atoms in total. The molecule has 3 heterocycles. The predicted octanol–water partition coefficient (Wildman–Crippen LogP) is 4.70. The first-order chi connectivity index (χ1) is 21.8. The molecule has 0 saturated carbocycles. The van der Waals surface area contributed by atoms with Crippen molar-refractivity contribution >= 4 is 50.1 Å². The molecule has 3 amide bonds. The lowest BCUT2D eigenvalue weighted by molar-refractivity contribution is -0.145. The Morgan fingerprint density at radius 2 is 1.71 bits per heavy atom. The number of anilines is 1. The second kappa shape index (κ2) is 12.9. The van der Waals surface area contributed by atoms with Crippen LogP contribution in [0.2, 0.25) is 0 Å². The fourth-order valence-corrected chi connectivity index (χ4v) is 8.46. The van der Waals surface area contributed by atoms with Crippen LogP contribution in [-0.4, -0.2) is 81.4 Å².